The van der Waals surface area contributed by atoms with Gasteiger partial charge in [-0.25, -0.2) is 4.98 Å². The Balaban J connectivity index is 2.79. The van der Waals surface area contributed by atoms with Crippen LogP contribution in [0.1, 0.15) is 31.4 Å². The Bertz CT molecular complexity index is 247. The van der Waals surface area contributed by atoms with Crippen LogP contribution in [0.25, 0.3) is 0 Å². The van der Waals surface area contributed by atoms with Gasteiger partial charge in [0.05, 0.1) is 0 Å². The van der Waals surface area contributed by atoms with Crippen molar-refractivity contribution >= 4 is 5.82 Å². The Morgan fingerprint density at radius 3 is 2.92 bits per heavy atom. The van der Waals surface area contributed by atoms with Crippen LogP contribution in [-0.4, -0.2) is 4.98 Å². The minimum atomic E-state index is 0.0312. The van der Waals surface area contributed by atoms with E-state index in [-0.39, 0.29) is 6.04 Å². The molecule has 1 aromatic heterocycles. The molecule has 0 fully saturated rings. The number of anilines is 1. The molecule has 0 saturated carbocycles. The molecular formula is C9H15N3. The molecule has 0 saturated heterocycles. The Kier molecular flexibility index (Phi) is 3.05. The normalized spacial score (nSPS) is 12.8. The van der Waals surface area contributed by atoms with Gasteiger partial charge in [0.1, 0.15) is 5.82 Å². The quantitative estimate of drug-likeness (QED) is 0.712. The van der Waals surface area contributed by atoms with Crippen molar-refractivity contribution in [1.82, 2.24) is 4.98 Å². The third-order valence-electron chi connectivity index (χ3n) is 1.87. The minimum Gasteiger partial charge on any atom is -0.383 e. The van der Waals surface area contributed by atoms with Crippen molar-refractivity contribution in [2.45, 2.75) is 25.8 Å². The summed E-state index contributed by atoms with van der Waals surface area (Å²) in [6.07, 6.45) is 3.70. The predicted octanol–water partition coefficient (Wildman–Crippen LogP) is 1.46. The van der Waals surface area contributed by atoms with E-state index in [0.717, 1.165) is 18.4 Å². The highest BCUT2D eigenvalue weighted by molar-refractivity contribution is 5.40. The van der Waals surface area contributed by atoms with Crippen LogP contribution in [0.4, 0.5) is 5.82 Å². The van der Waals surface area contributed by atoms with Crippen LogP contribution < -0.4 is 11.5 Å². The van der Waals surface area contributed by atoms with Crippen molar-refractivity contribution in [3.8, 4) is 0 Å². The number of nitrogens with two attached hydrogens (primary N) is 2. The van der Waals surface area contributed by atoms with Crippen LogP contribution in [0.5, 0.6) is 0 Å². The van der Waals surface area contributed by atoms with E-state index in [1.54, 1.807) is 6.20 Å². The average molecular weight is 165 g/mol. The molecule has 4 N–H and O–H groups in total. The predicted molar refractivity (Wildman–Crippen MR) is 50.5 cm³/mol. The van der Waals surface area contributed by atoms with Crippen molar-refractivity contribution in [3.63, 3.8) is 0 Å². The molecule has 1 aromatic rings. The van der Waals surface area contributed by atoms with E-state index in [2.05, 4.69) is 11.9 Å². The molecule has 1 atom stereocenters. The summed E-state index contributed by atoms with van der Waals surface area (Å²) in [7, 11) is 0. The summed E-state index contributed by atoms with van der Waals surface area (Å²) in [5, 5.41) is 0. The number of aromatic nitrogens is 1. The van der Waals surface area contributed by atoms with Gasteiger partial charge in [0, 0.05) is 17.8 Å². The molecule has 0 radical (unpaired) electrons. The second kappa shape index (κ2) is 4.07. The van der Waals surface area contributed by atoms with Gasteiger partial charge in [-0.05, 0) is 12.5 Å². The lowest BCUT2D eigenvalue weighted by atomic mass is 10.0. The molecule has 0 aliphatic carbocycles. The first-order valence-corrected chi connectivity index (χ1v) is 4.21. The second-order valence-corrected chi connectivity index (χ2v) is 2.87. The third kappa shape index (κ3) is 1.95. The molecule has 3 nitrogen and oxygen atoms in total. The van der Waals surface area contributed by atoms with Crippen LogP contribution in [0.15, 0.2) is 18.3 Å². The molecule has 12 heavy (non-hydrogen) atoms. The van der Waals surface area contributed by atoms with Gasteiger partial charge < -0.3 is 11.5 Å². The second-order valence-electron chi connectivity index (χ2n) is 2.87. The lowest BCUT2D eigenvalue weighted by Gasteiger charge is -2.11. The zero-order chi connectivity index (χ0) is 8.97. The van der Waals surface area contributed by atoms with Crippen LogP contribution in [0.3, 0.4) is 0 Å². The number of hydrogen-bond acceptors (Lipinski definition) is 3. The third-order valence-corrected chi connectivity index (χ3v) is 1.87. The van der Waals surface area contributed by atoms with Crippen LogP contribution in [0, 0.1) is 0 Å². The van der Waals surface area contributed by atoms with Gasteiger partial charge >= 0.3 is 0 Å². The van der Waals surface area contributed by atoms with E-state index < -0.39 is 0 Å². The van der Waals surface area contributed by atoms with E-state index >= 15 is 0 Å². The fourth-order valence-electron chi connectivity index (χ4n) is 1.21. The topological polar surface area (TPSA) is 64.9 Å². The van der Waals surface area contributed by atoms with Gasteiger partial charge in [-0.2, -0.15) is 0 Å². The maximum absolute atomic E-state index is 5.89. The summed E-state index contributed by atoms with van der Waals surface area (Å²) in [6, 6.07) is 3.83. The Hall–Kier alpha value is -1.09. The molecule has 0 unspecified atom stereocenters. The van der Waals surface area contributed by atoms with Gasteiger partial charge in [-0.1, -0.05) is 19.4 Å². The van der Waals surface area contributed by atoms with Crippen LogP contribution in [-0.2, 0) is 0 Å². The van der Waals surface area contributed by atoms with Gasteiger partial charge in [0.25, 0.3) is 0 Å². The van der Waals surface area contributed by atoms with E-state index in [9.17, 15) is 0 Å². The molecular weight excluding hydrogens is 150 g/mol. The fourth-order valence-corrected chi connectivity index (χ4v) is 1.21. The van der Waals surface area contributed by atoms with E-state index in [4.69, 9.17) is 11.5 Å². The summed E-state index contributed by atoms with van der Waals surface area (Å²) in [6.45, 7) is 2.10. The number of rotatable bonds is 3. The van der Waals surface area contributed by atoms with Crippen molar-refractivity contribution in [2.24, 2.45) is 5.73 Å². The van der Waals surface area contributed by atoms with Gasteiger partial charge in [-0.3, -0.25) is 0 Å². The molecule has 0 aromatic carbocycles. The first-order chi connectivity index (χ1) is 5.75. The standard InChI is InChI=1S/C9H15N3/c1-2-4-8(10)7-5-3-6-12-9(7)11/h3,5-6,8H,2,4,10H2,1H3,(H2,11,12)/t8-/m1/s1. The van der Waals surface area contributed by atoms with E-state index in [0.29, 0.717) is 5.82 Å². The molecule has 0 aliphatic heterocycles. The van der Waals surface area contributed by atoms with E-state index in [1.807, 2.05) is 12.1 Å². The molecule has 0 amide bonds. The largest absolute Gasteiger partial charge is 0.383 e. The summed E-state index contributed by atoms with van der Waals surface area (Å²) >= 11 is 0. The zero-order valence-electron chi connectivity index (χ0n) is 7.33. The van der Waals surface area contributed by atoms with Gasteiger partial charge in [0.2, 0.25) is 0 Å². The summed E-state index contributed by atoms with van der Waals surface area (Å²) in [5.41, 5.74) is 12.5. The number of nitrogens with zero attached hydrogens (tertiary/aromatic N) is 1. The number of pyridine rings is 1. The van der Waals surface area contributed by atoms with Crippen molar-refractivity contribution in [2.75, 3.05) is 5.73 Å². The zero-order valence-corrected chi connectivity index (χ0v) is 7.33. The average Bonchev–Trinajstić information content (AvgIpc) is 2.05. The Labute approximate surface area is 72.8 Å². The highest BCUT2D eigenvalue weighted by Crippen LogP contribution is 2.19. The first-order valence-electron chi connectivity index (χ1n) is 4.21. The van der Waals surface area contributed by atoms with Crippen LogP contribution >= 0.6 is 0 Å². The summed E-state index contributed by atoms with van der Waals surface area (Å²) in [5.74, 6) is 0.554. The minimum absolute atomic E-state index is 0.0312. The SMILES string of the molecule is CCC[C@@H](N)c1cccnc1N. The molecule has 0 aliphatic rings. The van der Waals surface area contributed by atoms with Gasteiger partial charge in [0.15, 0.2) is 0 Å². The fraction of sp³-hybridized carbons (Fsp3) is 0.444. The first kappa shape index (κ1) is 9.00. The molecule has 1 rings (SSSR count). The maximum atomic E-state index is 5.89. The number of nitrogen functional groups attached to an aromatic ring is 1. The molecule has 1 heterocycles. The van der Waals surface area contributed by atoms with Gasteiger partial charge in [-0.15, -0.1) is 0 Å². The summed E-state index contributed by atoms with van der Waals surface area (Å²) in [4.78, 5) is 3.98. The molecule has 66 valence electrons. The van der Waals surface area contributed by atoms with Crippen molar-refractivity contribution in [3.05, 3.63) is 23.9 Å². The molecule has 0 spiro atoms. The Morgan fingerprint density at radius 1 is 1.58 bits per heavy atom. The van der Waals surface area contributed by atoms with Crippen molar-refractivity contribution < 1.29 is 0 Å². The highest BCUT2D eigenvalue weighted by Gasteiger charge is 2.07. The van der Waals surface area contributed by atoms with Crippen molar-refractivity contribution in [1.29, 1.82) is 0 Å². The van der Waals surface area contributed by atoms with E-state index in [1.165, 1.54) is 0 Å². The Morgan fingerprint density at radius 2 is 2.33 bits per heavy atom. The lowest BCUT2D eigenvalue weighted by molar-refractivity contribution is 0.638. The highest BCUT2D eigenvalue weighted by atomic mass is 14.8. The summed E-state index contributed by atoms with van der Waals surface area (Å²) < 4.78 is 0. The van der Waals surface area contributed by atoms with Crippen LogP contribution in [0.2, 0.25) is 0 Å². The monoisotopic (exact) mass is 165 g/mol. The maximum Gasteiger partial charge on any atom is 0.128 e. The smallest absolute Gasteiger partial charge is 0.128 e. The molecule has 0 bridgehead atoms. The lowest BCUT2D eigenvalue weighted by Crippen LogP contribution is -2.12. The number of hydrogen-bond donors (Lipinski definition) is 2. The molecule has 3 heteroatoms.